The predicted octanol–water partition coefficient (Wildman–Crippen LogP) is 2.08. The monoisotopic (exact) mass is 284 g/mol. The zero-order valence-corrected chi connectivity index (χ0v) is 11.7. The van der Waals surface area contributed by atoms with Crippen LogP contribution in [0.4, 0.5) is 0 Å². The summed E-state index contributed by atoms with van der Waals surface area (Å²) >= 11 is 0. The molecule has 0 spiro atoms. The number of carbonyl (C=O) groups is 1. The fraction of sp³-hybridized carbons (Fsp3) is 0.308. The molecule has 6 heteroatoms. The summed E-state index contributed by atoms with van der Waals surface area (Å²) in [5.41, 5.74) is 2.56. The molecule has 0 saturated heterocycles. The van der Waals surface area contributed by atoms with Crippen molar-refractivity contribution < 1.29 is 24.4 Å². The molecular formula is C13H17O5P. The van der Waals surface area contributed by atoms with Crippen LogP contribution in [0.3, 0.4) is 0 Å². The summed E-state index contributed by atoms with van der Waals surface area (Å²) in [6.07, 6.45) is 3.64. The van der Waals surface area contributed by atoms with E-state index in [0.29, 0.717) is 5.75 Å². The second-order valence-corrected chi connectivity index (χ2v) is 5.18. The van der Waals surface area contributed by atoms with Crippen LogP contribution in [-0.2, 0) is 4.79 Å². The number of carboxylic acid groups (broad SMARTS) is 1. The summed E-state index contributed by atoms with van der Waals surface area (Å²) in [6.45, 7) is 3.30. The molecule has 0 aliphatic rings. The predicted molar refractivity (Wildman–Crippen MR) is 74.3 cm³/mol. The first-order chi connectivity index (χ1) is 8.91. The molecule has 5 nitrogen and oxygen atoms in total. The Morgan fingerprint density at radius 3 is 2.63 bits per heavy atom. The number of hydrogen-bond acceptors (Lipinski definition) is 4. The second-order valence-electron chi connectivity index (χ2n) is 4.07. The van der Waals surface area contributed by atoms with E-state index in [9.17, 15) is 4.79 Å². The number of ether oxygens (including phenoxy) is 1. The molecule has 0 aromatic heterocycles. The minimum absolute atomic E-state index is 0.202. The molecule has 1 rings (SSSR count). The fourth-order valence-electron chi connectivity index (χ4n) is 1.65. The Morgan fingerprint density at radius 2 is 2.05 bits per heavy atom. The number of carboxylic acids is 1. The standard InChI is InChI=1S/C13H17O5P/c1-9-5-6-11(4-3-7-19(16)17)10(2)13(9)18-8-12(14)15/h3-6,16-17H,7-8H2,1-2H3,(H,14,15)/b4-3+. The first-order valence-corrected chi connectivity index (χ1v) is 7.11. The number of allylic oxidation sites excluding steroid dienone is 1. The first kappa shape index (κ1) is 15.6. The van der Waals surface area contributed by atoms with Crippen LogP contribution in [-0.4, -0.2) is 33.6 Å². The molecule has 0 saturated carbocycles. The highest BCUT2D eigenvalue weighted by atomic mass is 31.2. The number of hydrogen-bond donors (Lipinski definition) is 3. The summed E-state index contributed by atoms with van der Waals surface area (Å²) in [5, 5.41) is 8.64. The van der Waals surface area contributed by atoms with E-state index < -0.39 is 14.3 Å². The number of benzene rings is 1. The molecule has 3 N–H and O–H groups in total. The van der Waals surface area contributed by atoms with Crippen molar-refractivity contribution in [2.24, 2.45) is 0 Å². The van der Waals surface area contributed by atoms with Crippen molar-refractivity contribution in [1.82, 2.24) is 0 Å². The van der Waals surface area contributed by atoms with E-state index >= 15 is 0 Å². The maximum atomic E-state index is 10.5. The molecule has 0 aliphatic heterocycles. The summed E-state index contributed by atoms with van der Waals surface area (Å²) in [4.78, 5) is 28.2. The molecule has 0 atom stereocenters. The molecule has 0 aliphatic carbocycles. The third-order valence-electron chi connectivity index (χ3n) is 2.55. The van der Waals surface area contributed by atoms with Gasteiger partial charge in [0, 0.05) is 6.16 Å². The molecule has 0 fully saturated rings. The quantitative estimate of drug-likeness (QED) is 0.696. The van der Waals surface area contributed by atoms with Crippen molar-refractivity contribution in [3.63, 3.8) is 0 Å². The van der Waals surface area contributed by atoms with Crippen LogP contribution in [0, 0.1) is 13.8 Å². The molecule has 0 amide bonds. The molecule has 0 heterocycles. The Balaban J connectivity index is 2.92. The Morgan fingerprint density at radius 1 is 1.37 bits per heavy atom. The van der Waals surface area contributed by atoms with Crippen LogP contribution >= 0.6 is 8.38 Å². The average molecular weight is 284 g/mol. The SMILES string of the molecule is Cc1ccc(/C=C/CP(O)O)c(C)c1OCC(=O)O. The van der Waals surface area contributed by atoms with Crippen molar-refractivity contribution >= 4 is 20.4 Å². The third kappa shape index (κ3) is 4.99. The zero-order chi connectivity index (χ0) is 14.4. The van der Waals surface area contributed by atoms with E-state index in [-0.39, 0.29) is 12.8 Å². The molecule has 0 bridgehead atoms. The minimum Gasteiger partial charge on any atom is -0.481 e. The van der Waals surface area contributed by atoms with E-state index in [1.807, 2.05) is 26.0 Å². The minimum atomic E-state index is -1.93. The summed E-state index contributed by atoms with van der Waals surface area (Å²) in [6, 6.07) is 3.72. The van der Waals surface area contributed by atoms with Crippen molar-refractivity contribution in [2.45, 2.75) is 13.8 Å². The normalized spacial score (nSPS) is 11.2. The summed E-state index contributed by atoms with van der Waals surface area (Å²) in [7, 11) is -1.93. The molecule has 1 aromatic rings. The van der Waals surface area contributed by atoms with E-state index in [1.165, 1.54) is 0 Å². The van der Waals surface area contributed by atoms with Crippen molar-refractivity contribution in [2.75, 3.05) is 12.8 Å². The van der Waals surface area contributed by atoms with Gasteiger partial charge in [-0.2, -0.15) is 0 Å². The van der Waals surface area contributed by atoms with Crippen LogP contribution in [0.25, 0.3) is 6.08 Å². The van der Waals surface area contributed by atoms with Gasteiger partial charge in [-0.1, -0.05) is 24.3 Å². The highest BCUT2D eigenvalue weighted by molar-refractivity contribution is 7.45. The van der Waals surface area contributed by atoms with Gasteiger partial charge < -0.3 is 19.6 Å². The molecule has 0 unspecified atom stereocenters. The van der Waals surface area contributed by atoms with Crippen molar-refractivity contribution in [3.8, 4) is 5.75 Å². The third-order valence-corrected chi connectivity index (χ3v) is 3.09. The molecule has 19 heavy (non-hydrogen) atoms. The Kier molecular flexibility index (Phi) is 5.96. The van der Waals surface area contributed by atoms with Gasteiger partial charge in [-0.3, -0.25) is 0 Å². The number of aryl methyl sites for hydroxylation is 1. The fourth-order valence-corrected chi connectivity index (χ4v) is 1.95. The maximum Gasteiger partial charge on any atom is 0.341 e. The van der Waals surface area contributed by atoms with Gasteiger partial charge in [0.05, 0.1) is 0 Å². The van der Waals surface area contributed by atoms with Gasteiger partial charge in [-0.05, 0) is 30.5 Å². The molecular weight excluding hydrogens is 267 g/mol. The lowest BCUT2D eigenvalue weighted by Gasteiger charge is -2.12. The lowest BCUT2D eigenvalue weighted by Crippen LogP contribution is -2.11. The topological polar surface area (TPSA) is 87.0 Å². The van der Waals surface area contributed by atoms with Crippen LogP contribution in [0.15, 0.2) is 18.2 Å². The van der Waals surface area contributed by atoms with Gasteiger partial charge >= 0.3 is 5.97 Å². The highest BCUT2D eigenvalue weighted by Gasteiger charge is 2.09. The lowest BCUT2D eigenvalue weighted by atomic mass is 10.0. The van der Waals surface area contributed by atoms with Gasteiger partial charge in [0.15, 0.2) is 15.0 Å². The average Bonchev–Trinajstić information content (AvgIpc) is 2.31. The van der Waals surface area contributed by atoms with Crippen molar-refractivity contribution in [3.05, 3.63) is 34.9 Å². The highest BCUT2D eigenvalue weighted by Crippen LogP contribution is 2.28. The number of aliphatic carboxylic acids is 1. The van der Waals surface area contributed by atoms with Gasteiger partial charge in [-0.15, -0.1) is 0 Å². The van der Waals surface area contributed by atoms with Crippen LogP contribution in [0.5, 0.6) is 5.75 Å². The van der Waals surface area contributed by atoms with E-state index in [2.05, 4.69) is 0 Å². The van der Waals surface area contributed by atoms with Gasteiger partial charge in [0.2, 0.25) is 0 Å². The van der Waals surface area contributed by atoms with E-state index in [1.54, 1.807) is 12.2 Å². The smallest absolute Gasteiger partial charge is 0.341 e. The molecule has 1 aromatic carbocycles. The summed E-state index contributed by atoms with van der Waals surface area (Å²) in [5.74, 6) is -0.467. The maximum absolute atomic E-state index is 10.5. The van der Waals surface area contributed by atoms with E-state index in [0.717, 1.165) is 16.7 Å². The Bertz CT molecular complexity index is 482. The van der Waals surface area contributed by atoms with Crippen LogP contribution in [0.1, 0.15) is 16.7 Å². The Labute approximate surface area is 113 Å². The molecule has 104 valence electrons. The van der Waals surface area contributed by atoms with Gasteiger partial charge in [-0.25, -0.2) is 4.79 Å². The largest absolute Gasteiger partial charge is 0.481 e. The Hall–Kier alpha value is -1.42. The molecule has 0 radical (unpaired) electrons. The van der Waals surface area contributed by atoms with Crippen LogP contribution < -0.4 is 4.74 Å². The van der Waals surface area contributed by atoms with Gasteiger partial charge in [0.1, 0.15) is 5.75 Å². The van der Waals surface area contributed by atoms with Crippen LogP contribution in [0.2, 0.25) is 0 Å². The zero-order valence-electron chi connectivity index (χ0n) is 10.8. The van der Waals surface area contributed by atoms with Crippen molar-refractivity contribution in [1.29, 1.82) is 0 Å². The lowest BCUT2D eigenvalue weighted by molar-refractivity contribution is -0.139. The first-order valence-electron chi connectivity index (χ1n) is 5.68. The second kappa shape index (κ2) is 7.24. The summed E-state index contributed by atoms with van der Waals surface area (Å²) < 4.78 is 5.27. The number of rotatable bonds is 6. The van der Waals surface area contributed by atoms with E-state index in [4.69, 9.17) is 19.6 Å². The van der Waals surface area contributed by atoms with Gasteiger partial charge in [0.25, 0.3) is 0 Å².